The molecule has 0 saturated heterocycles. The lowest BCUT2D eigenvalue weighted by Gasteiger charge is -2.45. The maximum absolute atomic E-state index is 13.5. The minimum atomic E-state index is 0.229. The average molecular weight is 377 g/mol. The summed E-state index contributed by atoms with van der Waals surface area (Å²) in [7, 11) is 0. The number of carbonyl (C=O) groups excluding carboxylic acids is 1. The number of hydrogen-bond acceptors (Lipinski definition) is 1. The van der Waals surface area contributed by atoms with Crippen LogP contribution in [0.1, 0.15) is 34.3 Å². The molecular weight excluding hydrogens is 354 g/mol. The summed E-state index contributed by atoms with van der Waals surface area (Å²) in [6, 6.07) is 18.5. The van der Waals surface area contributed by atoms with Crippen LogP contribution in [-0.2, 0) is 12.8 Å². The fourth-order valence-corrected chi connectivity index (χ4v) is 5.47. The van der Waals surface area contributed by atoms with E-state index in [4.69, 9.17) is 11.6 Å². The summed E-state index contributed by atoms with van der Waals surface area (Å²) in [5, 5.41) is 2.64. The molecule has 0 N–H and O–H groups in total. The fourth-order valence-electron chi connectivity index (χ4n) is 5.24. The molecule has 0 bridgehead atoms. The first-order valence-electron chi connectivity index (χ1n) is 9.86. The summed E-state index contributed by atoms with van der Waals surface area (Å²) in [6.07, 6.45) is 4.60. The number of aryl methyl sites for hydroxylation is 2. The Hall–Kier alpha value is -2.16. The predicted octanol–water partition coefficient (Wildman–Crippen LogP) is 5.58. The summed E-state index contributed by atoms with van der Waals surface area (Å²) in [5.74, 6) is 0.229. The van der Waals surface area contributed by atoms with E-state index < -0.39 is 0 Å². The standard InChI is InChI=1S/C24H23ClNO/c25-22-13-12-21(19-10-1-2-11-20(19)22)23(27)16-26-14-4-8-17-6-3-7-18(24(17)26)9-5-15-26/h1-3,6-7,10-13H,4-5,8-9,14-16H2/q+1. The number of para-hydroxylation sites is 1. The van der Waals surface area contributed by atoms with E-state index in [1.807, 2.05) is 36.4 Å². The Balaban J connectivity index is 1.59. The molecule has 0 radical (unpaired) electrons. The van der Waals surface area contributed by atoms with Gasteiger partial charge in [-0.25, -0.2) is 0 Å². The molecule has 136 valence electrons. The van der Waals surface area contributed by atoms with Crippen molar-refractivity contribution in [3.63, 3.8) is 0 Å². The molecule has 0 amide bonds. The minimum absolute atomic E-state index is 0.229. The maximum Gasteiger partial charge on any atom is 0.217 e. The monoisotopic (exact) mass is 376 g/mol. The van der Waals surface area contributed by atoms with Gasteiger partial charge in [0, 0.05) is 39.9 Å². The molecule has 2 heterocycles. The van der Waals surface area contributed by atoms with Crippen LogP contribution in [0.4, 0.5) is 5.69 Å². The molecule has 0 spiro atoms. The lowest BCUT2D eigenvalue weighted by molar-refractivity contribution is 0.0924. The number of Topliss-reactive ketones (excluding diaryl/α,β-unsaturated/α-hetero) is 1. The van der Waals surface area contributed by atoms with E-state index in [-0.39, 0.29) is 5.78 Å². The number of ketones is 1. The molecule has 3 aromatic carbocycles. The molecule has 0 fully saturated rings. The highest BCUT2D eigenvalue weighted by molar-refractivity contribution is 6.36. The highest BCUT2D eigenvalue weighted by atomic mass is 35.5. The third-order valence-electron chi connectivity index (χ3n) is 6.36. The largest absolute Gasteiger partial charge is 0.288 e. The van der Waals surface area contributed by atoms with Gasteiger partial charge in [0.2, 0.25) is 5.78 Å². The van der Waals surface area contributed by atoms with Gasteiger partial charge < -0.3 is 0 Å². The first-order chi connectivity index (χ1) is 13.2. The number of rotatable bonds is 3. The van der Waals surface area contributed by atoms with Gasteiger partial charge in [-0.15, -0.1) is 0 Å². The van der Waals surface area contributed by atoms with Crippen molar-refractivity contribution in [1.82, 2.24) is 4.48 Å². The molecule has 0 aliphatic carbocycles. The van der Waals surface area contributed by atoms with Gasteiger partial charge in [0.05, 0.1) is 13.1 Å². The fraction of sp³-hybridized carbons (Fsp3) is 0.292. The van der Waals surface area contributed by atoms with Crippen molar-refractivity contribution in [1.29, 1.82) is 0 Å². The van der Waals surface area contributed by atoms with Gasteiger partial charge in [-0.3, -0.25) is 9.28 Å². The Labute approximate surface area is 165 Å². The van der Waals surface area contributed by atoms with E-state index in [0.29, 0.717) is 11.6 Å². The summed E-state index contributed by atoms with van der Waals surface area (Å²) in [5.41, 5.74) is 5.15. The zero-order chi connectivity index (χ0) is 18.4. The quantitative estimate of drug-likeness (QED) is 0.431. The van der Waals surface area contributed by atoms with Gasteiger partial charge in [0.1, 0.15) is 12.2 Å². The Morgan fingerprint density at radius 1 is 0.852 bits per heavy atom. The van der Waals surface area contributed by atoms with E-state index in [1.165, 1.54) is 16.8 Å². The lowest BCUT2D eigenvalue weighted by Crippen LogP contribution is -2.57. The van der Waals surface area contributed by atoms with Crippen LogP contribution in [0.3, 0.4) is 0 Å². The topological polar surface area (TPSA) is 17.1 Å². The highest BCUT2D eigenvalue weighted by Gasteiger charge is 2.41. The zero-order valence-corrected chi connectivity index (χ0v) is 16.1. The number of carbonyl (C=O) groups is 1. The number of quaternary nitrogens is 1. The molecule has 0 unspecified atom stereocenters. The molecular formula is C24H23ClNO+. The first-order valence-corrected chi connectivity index (χ1v) is 10.2. The lowest BCUT2D eigenvalue weighted by atomic mass is 9.88. The summed E-state index contributed by atoms with van der Waals surface area (Å²) >= 11 is 6.36. The van der Waals surface area contributed by atoms with Crippen LogP contribution in [0.25, 0.3) is 10.8 Å². The molecule has 3 aromatic rings. The third-order valence-corrected chi connectivity index (χ3v) is 6.69. The molecule has 3 heteroatoms. The molecule has 0 saturated carbocycles. The first kappa shape index (κ1) is 17.0. The van der Waals surface area contributed by atoms with E-state index in [0.717, 1.165) is 59.6 Å². The van der Waals surface area contributed by atoms with Crippen LogP contribution < -0.4 is 4.48 Å². The normalized spacial score (nSPS) is 17.5. The predicted molar refractivity (Wildman–Crippen MR) is 113 cm³/mol. The average Bonchev–Trinajstić information content (AvgIpc) is 2.69. The summed E-state index contributed by atoms with van der Waals surface area (Å²) < 4.78 is 0.835. The second-order valence-corrected chi connectivity index (χ2v) is 8.35. The Morgan fingerprint density at radius 2 is 1.52 bits per heavy atom. The SMILES string of the molecule is O=C(C[N+]12CCCc3cccc(c31)CCC2)c1ccc(Cl)c2ccccc12. The van der Waals surface area contributed by atoms with E-state index in [1.54, 1.807) is 0 Å². The van der Waals surface area contributed by atoms with Gasteiger partial charge in [-0.2, -0.15) is 0 Å². The van der Waals surface area contributed by atoms with Crippen molar-refractivity contribution >= 4 is 33.8 Å². The van der Waals surface area contributed by atoms with Crippen LogP contribution in [0, 0.1) is 0 Å². The van der Waals surface area contributed by atoms with Crippen LogP contribution in [0.5, 0.6) is 0 Å². The Kier molecular flexibility index (Phi) is 4.07. The van der Waals surface area contributed by atoms with Gasteiger partial charge in [-0.05, 0) is 30.4 Å². The van der Waals surface area contributed by atoms with Crippen molar-refractivity contribution < 1.29 is 4.79 Å². The molecule has 2 aliphatic heterocycles. The van der Waals surface area contributed by atoms with E-state index in [2.05, 4.69) is 18.2 Å². The highest BCUT2D eigenvalue weighted by Crippen LogP contribution is 2.41. The Morgan fingerprint density at radius 3 is 2.22 bits per heavy atom. The van der Waals surface area contributed by atoms with Crippen LogP contribution in [-0.4, -0.2) is 25.4 Å². The molecule has 0 aromatic heterocycles. The van der Waals surface area contributed by atoms with Gasteiger partial charge in [0.15, 0.2) is 0 Å². The van der Waals surface area contributed by atoms with Crippen LogP contribution in [0.15, 0.2) is 54.6 Å². The van der Waals surface area contributed by atoms with Crippen LogP contribution in [0.2, 0.25) is 5.02 Å². The summed E-state index contributed by atoms with van der Waals surface area (Å²) in [4.78, 5) is 13.5. The van der Waals surface area contributed by atoms with E-state index >= 15 is 0 Å². The van der Waals surface area contributed by atoms with Crippen molar-refractivity contribution in [3.8, 4) is 0 Å². The van der Waals surface area contributed by atoms with Crippen molar-refractivity contribution in [2.45, 2.75) is 25.7 Å². The third kappa shape index (κ3) is 2.70. The Bertz CT molecular complexity index is 1030. The van der Waals surface area contributed by atoms with Gasteiger partial charge in [-0.1, -0.05) is 54.1 Å². The molecule has 5 rings (SSSR count). The number of hydrogen-bond donors (Lipinski definition) is 0. The summed E-state index contributed by atoms with van der Waals surface area (Å²) in [6.45, 7) is 2.69. The number of nitrogens with zero attached hydrogens (tertiary/aromatic N) is 1. The molecule has 27 heavy (non-hydrogen) atoms. The second kappa shape index (κ2) is 6.47. The minimum Gasteiger partial charge on any atom is -0.288 e. The van der Waals surface area contributed by atoms with Crippen molar-refractivity contribution in [2.75, 3.05) is 19.6 Å². The number of benzene rings is 3. The van der Waals surface area contributed by atoms with Gasteiger partial charge in [0.25, 0.3) is 0 Å². The smallest absolute Gasteiger partial charge is 0.217 e. The number of halogens is 1. The van der Waals surface area contributed by atoms with Gasteiger partial charge >= 0.3 is 0 Å². The zero-order valence-electron chi connectivity index (χ0n) is 15.4. The molecule has 2 aliphatic rings. The van der Waals surface area contributed by atoms with Crippen molar-refractivity contribution in [2.24, 2.45) is 0 Å². The van der Waals surface area contributed by atoms with Crippen molar-refractivity contribution in [3.05, 3.63) is 76.3 Å². The second-order valence-electron chi connectivity index (χ2n) is 7.95. The number of fused-ring (bicyclic) bond motifs is 1. The molecule has 2 nitrogen and oxygen atoms in total. The van der Waals surface area contributed by atoms with E-state index in [9.17, 15) is 4.79 Å². The maximum atomic E-state index is 13.5. The molecule has 0 atom stereocenters. The van der Waals surface area contributed by atoms with Crippen LogP contribution >= 0.6 is 11.6 Å².